The molecule has 2 rings (SSSR count). The van der Waals surface area contributed by atoms with Crippen molar-refractivity contribution in [2.75, 3.05) is 19.0 Å². The number of halogens is 1. The molecule has 0 aliphatic carbocycles. The standard InChI is InChI=1S/C21H23BrN2O7/c1-3-30-18(10-11-19(26)24-28)20(13-4-9-17(29-2)16(25)12-13)31-21(27)23-15-7-5-14(22)6-8-15/h4-12,18,20,25,28H,3H2,1-2H3,(H,23,27)(H,24,26)/b11-10+/t18-,20-/m0/s1. The Bertz CT molecular complexity index is 918. The highest BCUT2D eigenvalue weighted by molar-refractivity contribution is 9.10. The second-order valence-electron chi connectivity index (χ2n) is 6.14. The van der Waals surface area contributed by atoms with Crippen LogP contribution in [0.5, 0.6) is 11.5 Å². The largest absolute Gasteiger partial charge is 0.504 e. The normalized spacial score (nSPS) is 12.8. The quantitative estimate of drug-likeness (QED) is 0.236. The van der Waals surface area contributed by atoms with Gasteiger partial charge in [0.1, 0.15) is 6.10 Å². The Balaban J connectivity index is 2.33. The van der Waals surface area contributed by atoms with Crippen LogP contribution < -0.4 is 15.5 Å². The SMILES string of the molecule is CCO[C@@H](/C=C/C(=O)NO)[C@@H](OC(=O)Nc1ccc(Br)cc1)c1ccc(OC)c(O)c1. The summed E-state index contributed by atoms with van der Waals surface area (Å²) in [4.78, 5) is 24.0. The molecule has 166 valence electrons. The molecule has 0 spiro atoms. The van der Waals surface area contributed by atoms with Crippen LogP contribution >= 0.6 is 15.9 Å². The molecule has 0 saturated heterocycles. The first kappa shape index (κ1) is 24.2. The van der Waals surface area contributed by atoms with Crippen molar-refractivity contribution in [3.63, 3.8) is 0 Å². The Hall–Kier alpha value is -3.08. The van der Waals surface area contributed by atoms with E-state index in [2.05, 4.69) is 21.2 Å². The van der Waals surface area contributed by atoms with Crippen molar-refractivity contribution in [3.8, 4) is 11.5 Å². The number of hydrogen-bond donors (Lipinski definition) is 4. The molecule has 2 aromatic carbocycles. The predicted octanol–water partition coefficient (Wildman–Crippen LogP) is 3.92. The van der Waals surface area contributed by atoms with Gasteiger partial charge in [-0.15, -0.1) is 0 Å². The van der Waals surface area contributed by atoms with Gasteiger partial charge in [-0.05, 0) is 55.0 Å². The van der Waals surface area contributed by atoms with Crippen molar-refractivity contribution in [1.29, 1.82) is 0 Å². The molecule has 0 aromatic heterocycles. The maximum absolute atomic E-state index is 12.6. The van der Waals surface area contributed by atoms with E-state index in [1.165, 1.54) is 30.8 Å². The van der Waals surface area contributed by atoms with Crippen molar-refractivity contribution in [1.82, 2.24) is 5.48 Å². The fourth-order valence-corrected chi connectivity index (χ4v) is 2.92. The molecule has 9 nitrogen and oxygen atoms in total. The fourth-order valence-electron chi connectivity index (χ4n) is 2.66. The predicted molar refractivity (Wildman–Crippen MR) is 116 cm³/mol. The molecule has 31 heavy (non-hydrogen) atoms. The molecule has 0 fully saturated rings. The first-order valence-corrected chi connectivity index (χ1v) is 10.0. The molecule has 0 unspecified atom stereocenters. The Morgan fingerprint density at radius 2 is 1.90 bits per heavy atom. The maximum atomic E-state index is 12.6. The van der Waals surface area contributed by atoms with Gasteiger partial charge in [0.05, 0.1) is 7.11 Å². The summed E-state index contributed by atoms with van der Waals surface area (Å²) in [5.41, 5.74) is 2.39. The number of hydroxylamine groups is 1. The lowest BCUT2D eigenvalue weighted by atomic mass is 10.0. The molecule has 0 radical (unpaired) electrons. The zero-order valence-corrected chi connectivity index (χ0v) is 18.5. The molecular formula is C21H23BrN2O7. The summed E-state index contributed by atoms with van der Waals surface area (Å²) < 4.78 is 17.1. The van der Waals surface area contributed by atoms with E-state index in [0.717, 1.165) is 10.5 Å². The first-order valence-electron chi connectivity index (χ1n) is 9.21. The summed E-state index contributed by atoms with van der Waals surface area (Å²) in [5.74, 6) is -0.695. The molecule has 0 aliphatic rings. The number of amides is 2. The number of phenolic OH excluding ortho intramolecular Hbond substituents is 1. The van der Waals surface area contributed by atoms with Gasteiger partial charge in [0.25, 0.3) is 5.91 Å². The molecule has 0 saturated carbocycles. The second-order valence-corrected chi connectivity index (χ2v) is 7.06. The summed E-state index contributed by atoms with van der Waals surface area (Å²) in [6.07, 6.45) is -0.311. The number of carbonyl (C=O) groups excluding carboxylic acids is 2. The van der Waals surface area contributed by atoms with E-state index in [1.807, 2.05) is 0 Å². The van der Waals surface area contributed by atoms with Crippen LogP contribution in [0.3, 0.4) is 0 Å². The first-order chi connectivity index (χ1) is 14.9. The van der Waals surface area contributed by atoms with Gasteiger partial charge in [-0.2, -0.15) is 0 Å². The number of anilines is 1. The third kappa shape index (κ3) is 7.28. The van der Waals surface area contributed by atoms with E-state index >= 15 is 0 Å². The summed E-state index contributed by atoms with van der Waals surface area (Å²) in [6, 6.07) is 11.4. The average molecular weight is 495 g/mol. The molecule has 2 amide bonds. The monoisotopic (exact) mass is 494 g/mol. The topological polar surface area (TPSA) is 126 Å². The number of rotatable bonds is 9. The van der Waals surface area contributed by atoms with Gasteiger partial charge in [-0.1, -0.05) is 22.0 Å². The number of benzene rings is 2. The van der Waals surface area contributed by atoms with E-state index in [1.54, 1.807) is 37.3 Å². The van der Waals surface area contributed by atoms with Gasteiger partial charge in [0, 0.05) is 22.8 Å². The lowest BCUT2D eigenvalue weighted by Gasteiger charge is -2.25. The highest BCUT2D eigenvalue weighted by Gasteiger charge is 2.27. The lowest BCUT2D eigenvalue weighted by molar-refractivity contribution is -0.124. The van der Waals surface area contributed by atoms with Crippen LogP contribution in [0, 0.1) is 0 Å². The average Bonchev–Trinajstić information content (AvgIpc) is 2.76. The molecule has 0 bridgehead atoms. The van der Waals surface area contributed by atoms with Crippen LogP contribution in [-0.4, -0.2) is 42.1 Å². The van der Waals surface area contributed by atoms with Crippen LogP contribution in [0.1, 0.15) is 18.6 Å². The summed E-state index contributed by atoms with van der Waals surface area (Å²) in [6.45, 7) is 1.98. The third-order valence-corrected chi connectivity index (χ3v) is 4.59. The molecular weight excluding hydrogens is 472 g/mol. The van der Waals surface area contributed by atoms with Gasteiger partial charge < -0.3 is 19.3 Å². The number of phenols is 1. The fraction of sp³-hybridized carbons (Fsp3) is 0.238. The van der Waals surface area contributed by atoms with Crippen molar-refractivity contribution >= 4 is 33.6 Å². The Kier molecular flexibility index (Phi) is 9.32. The minimum atomic E-state index is -1.03. The number of ether oxygens (including phenoxy) is 3. The van der Waals surface area contributed by atoms with Crippen LogP contribution in [-0.2, 0) is 14.3 Å². The van der Waals surface area contributed by atoms with Crippen LogP contribution in [0.25, 0.3) is 0 Å². The van der Waals surface area contributed by atoms with Crippen LogP contribution in [0.15, 0.2) is 59.1 Å². The van der Waals surface area contributed by atoms with Gasteiger partial charge >= 0.3 is 6.09 Å². The zero-order chi connectivity index (χ0) is 22.8. The third-order valence-electron chi connectivity index (χ3n) is 4.06. The van der Waals surface area contributed by atoms with Crippen molar-refractivity contribution in [2.45, 2.75) is 19.1 Å². The maximum Gasteiger partial charge on any atom is 0.412 e. The molecule has 4 N–H and O–H groups in total. The smallest absolute Gasteiger partial charge is 0.412 e. The van der Waals surface area contributed by atoms with Gasteiger partial charge in [-0.3, -0.25) is 15.3 Å². The number of methoxy groups -OCH3 is 1. The molecule has 0 aliphatic heterocycles. The van der Waals surface area contributed by atoms with Crippen molar-refractivity contribution in [3.05, 3.63) is 64.7 Å². The molecule has 2 atom stereocenters. The minimum absolute atomic E-state index is 0.158. The van der Waals surface area contributed by atoms with E-state index in [-0.39, 0.29) is 18.1 Å². The zero-order valence-electron chi connectivity index (χ0n) is 16.9. The van der Waals surface area contributed by atoms with E-state index in [9.17, 15) is 14.7 Å². The molecule has 0 heterocycles. The summed E-state index contributed by atoms with van der Waals surface area (Å²) in [5, 5.41) is 21.5. The van der Waals surface area contributed by atoms with E-state index < -0.39 is 24.2 Å². The van der Waals surface area contributed by atoms with Gasteiger partial charge in [0.2, 0.25) is 0 Å². The van der Waals surface area contributed by atoms with Crippen molar-refractivity contribution < 1.29 is 34.1 Å². The summed E-state index contributed by atoms with van der Waals surface area (Å²) in [7, 11) is 1.41. The number of carbonyl (C=O) groups is 2. The second kappa shape index (κ2) is 11.9. The minimum Gasteiger partial charge on any atom is -0.504 e. The van der Waals surface area contributed by atoms with Crippen LogP contribution in [0.2, 0.25) is 0 Å². The van der Waals surface area contributed by atoms with Gasteiger partial charge in [0.15, 0.2) is 17.6 Å². The highest BCUT2D eigenvalue weighted by Crippen LogP contribution is 2.33. The lowest BCUT2D eigenvalue weighted by Crippen LogP contribution is -2.28. The number of nitrogens with one attached hydrogen (secondary N) is 2. The van der Waals surface area contributed by atoms with Crippen LogP contribution in [0.4, 0.5) is 10.5 Å². The van der Waals surface area contributed by atoms with E-state index in [4.69, 9.17) is 19.4 Å². The Morgan fingerprint density at radius 3 is 2.48 bits per heavy atom. The van der Waals surface area contributed by atoms with Crippen molar-refractivity contribution in [2.24, 2.45) is 0 Å². The van der Waals surface area contributed by atoms with Gasteiger partial charge in [-0.25, -0.2) is 10.3 Å². The Labute approximate surface area is 187 Å². The number of hydrogen-bond acceptors (Lipinski definition) is 7. The summed E-state index contributed by atoms with van der Waals surface area (Å²) >= 11 is 3.32. The number of aromatic hydroxyl groups is 1. The molecule has 10 heteroatoms. The highest BCUT2D eigenvalue weighted by atomic mass is 79.9. The molecule has 2 aromatic rings. The van der Waals surface area contributed by atoms with E-state index in [0.29, 0.717) is 11.3 Å². The Morgan fingerprint density at radius 1 is 1.19 bits per heavy atom.